The number of nitrogens with one attached hydrogen (secondary N) is 1. The third-order valence-electron chi connectivity index (χ3n) is 4.32. The number of carbonyl (C=O) groups is 2. The Morgan fingerprint density at radius 2 is 1.80 bits per heavy atom. The molecule has 0 bridgehead atoms. The average Bonchev–Trinajstić information content (AvgIpc) is 2.48. The highest BCUT2D eigenvalue weighted by molar-refractivity contribution is 5.73. The first-order valence-corrected chi connectivity index (χ1v) is 8.67. The van der Waals surface area contributed by atoms with Crippen LogP contribution in [0.25, 0.3) is 0 Å². The summed E-state index contributed by atoms with van der Waals surface area (Å²) < 4.78 is 5.31. The lowest BCUT2D eigenvalue weighted by Crippen LogP contribution is -2.56. The first kappa shape index (κ1) is 19.2. The second-order valence-corrected chi connectivity index (χ2v) is 7.74. The summed E-state index contributed by atoms with van der Waals surface area (Å²) in [6.45, 7) is 7.67. The fourth-order valence-electron chi connectivity index (χ4n) is 3.14. The van der Waals surface area contributed by atoms with Gasteiger partial charge < -0.3 is 15.2 Å². The van der Waals surface area contributed by atoms with Crippen LogP contribution in [0.3, 0.4) is 0 Å². The summed E-state index contributed by atoms with van der Waals surface area (Å²) in [4.78, 5) is 25.7. The summed E-state index contributed by atoms with van der Waals surface area (Å²) >= 11 is 0. The number of carboxylic acids is 1. The van der Waals surface area contributed by atoms with Gasteiger partial charge in [-0.15, -0.1) is 0 Å². The van der Waals surface area contributed by atoms with Gasteiger partial charge in [0.05, 0.1) is 12.0 Å². The monoisotopic (exact) mass is 348 g/mol. The van der Waals surface area contributed by atoms with Crippen LogP contribution in [0, 0.1) is 0 Å². The molecule has 2 rings (SSSR count). The molecule has 0 unspecified atom stereocenters. The number of rotatable bonds is 5. The molecule has 0 aromatic heterocycles. The molecule has 1 fully saturated rings. The predicted molar refractivity (Wildman–Crippen MR) is 95.3 cm³/mol. The Labute approximate surface area is 149 Å². The molecular formula is C19H28N2O4. The van der Waals surface area contributed by atoms with Crippen LogP contribution < -0.4 is 5.32 Å². The third kappa shape index (κ3) is 6.38. The van der Waals surface area contributed by atoms with Crippen molar-refractivity contribution in [2.45, 2.75) is 57.7 Å². The number of nitrogens with zero attached hydrogens (tertiary/aromatic N) is 1. The number of benzene rings is 1. The maximum atomic E-state index is 12.1. The van der Waals surface area contributed by atoms with E-state index in [-0.39, 0.29) is 6.42 Å². The molecule has 0 atom stereocenters. The van der Waals surface area contributed by atoms with Gasteiger partial charge in [-0.3, -0.25) is 9.69 Å². The van der Waals surface area contributed by atoms with Gasteiger partial charge in [0.1, 0.15) is 5.60 Å². The standard InChI is InChI=1S/C19H28N2O4/c1-18(2,3)25-17(24)20-19(13-16(22)23)9-11-21(12-10-19)14-15-7-5-4-6-8-15/h4-8H,9-14H2,1-3H3,(H,20,24)(H,22,23). The number of alkyl carbamates (subject to hydrolysis) is 1. The highest BCUT2D eigenvalue weighted by Gasteiger charge is 2.39. The second kappa shape index (κ2) is 7.87. The molecule has 0 spiro atoms. The number of ether oxygens (including phenoxy) is 1. The molecule has 0 radical (unpaired) electrons. The summed E-state index contributed by atoms with van der Waals surface area (Å²) in [6.07, 6.45) is 0.535. The smallest absolute Gasteiger partial charge is 0.408 e. The Kier molecular flexibility index (Phi) is 6.06. The lowest BCUT2D eigenvalue weighted by atomic mass is 9.84. The van der Waals surface area contributed by atoms with Crippen LogP contribution in [-0.2, 0) is 16.1 Å². The summed E-state index contributed by atoms with van der Waals surface area (Å²) in [5.74, 6) is -0.910. The van der Waals surface area contributed by atoms with Crippen molar-refractivity contribution in [1.82, 2.24) is 10.2 Å². The van der Waals surface area contributed by atoms with Gasteiger partial charge in [-0.2, -0.15) is 0 Å². The van der Waals surface area contributed by atoms with Crippen LogP contribution in [0.15, 0.2) is 30.3 Å². The molecule has 1 saturated heterocycles. The van der Waals surface area contributed by atoms with Gasteiger partial charge in [-0.1, -0.05) is 30.3 Å². The van der Waals surface area contributed by atoms with Crippen LogP contribution in [-0.4, -0.2) is 46.3 Å². The molecule has 25 heavy (non-hydrogen) atoms. The van der Waals surface area contributed by atoms with Crippen molar-refractivity contribution in [2.75, 3.05) is 13.1 Å². The highest BCUT2D eigenvalue weighted by Crippen LogP contribution is 2.27. The van der Waals surface area contributed by atoms with Crippen LogP contribution >= 0.6 is 0 Å². The average molecular weight is 348 g/mol. The van der Waals surface area contributed by atoms with Crippen molar-refractivity contribution < 1.29 is 19.4 Å². The molecule has 1 heterocycles. The summed E-state index contributed by atoms with van der Waals surface area (Å²) in [5, 5.41) is 12.1. The van der Waals surface area contributed by atoms with Gasteiger partial charge in [0.2, 0.25) is 0 Å². The van der Waals surface area contributed by atoms with Crippen LogP contribution in [0.4, 0.5) is 4.79 Å². The highest BCUT2D eigenvalue weighted by atomic mass is 16.6. The Morgan fingerprint density at radius 3 is 2.32 bits per heavy atom. The minimum atomic E-state index is -0.910. The number of likely N-dealkylation sites (tertiary alicyclic amines) is 1. The first-order valence-electron chi connectivity index (χ1n) is 8.67. The van der Waals surface area contributed by atoms with E-state index in [0.29, 0.717) is 12.8 Å². The van der Waals surface area contributed by atoms with Gasteiger partial charge in [0.15, 0.2) is 0 Å². The third-order valence-corrected chi connectivity index (χ3v) is 4.32. The minimum Gasteiger partial charge on any atom is -0.481 e. The largest absolute Gasteiger partial charge is 0.481 e. The van der Waals surface area contributed by atoms with Crippen LogP contribution in [0.5, 0.6) is 0 Å². The Balaban J connectivity index is 1.97. The minimum absolute atomic E-state index is 0.0918. The molecule has 0 saturated carbocycles. The predicted octanol–water partition coefficient (Wildman–Crippen LogP) is 3.02. The zero-order chi connectivity index (χ0) is 18.5. The number of carboxylic acid groups (broad SMARTS) is 1. The normalized spacial score (nSPS) is 17.7. The fraction of sp³-hybridized carbons (Fsp3) is 0.579. The van der Waals surface area contributed by atoms with Gasteiger partial charge in [0, 0.05) is 19.6 Å². The molecule has 1 amide bonds. The molecule has 1 aliphatic heterocycles. The van der Waals surface area contributed by atoms with Gasteiger partial charge in [-0.05, 0) is 39.2 Å². The van der Waals surface area contributed by atoms with E-state index in [2.05, 4.69) is 22.3 Å². The molecule has 2 N–H and O–H groups in total. The summed E-state index contributed by atoms with van der Waals surface area (Å²) in [5.41, 5.74) is -0.127. The van der Waals surface area contributed by atoms with Crippen LogP contribution in [0.1, 0.15) is 45.6 Å². The lowest BCUT2D eigenvalue weighted by molar-refractivity contribution is -0.139. The zero-order valence-corrected chi connectivity index (χ0v) is 15.2. The van der Waals surface area contributed by atoms with Crippen molar-refractivity contribution in [3.8, 4) is 0 Å². The SMILES string of the molecule is CC(C)(C)OC(=O)NC1(CC(=O)O)CCN(Cc2ccccc2)CC1. The van der Waals surface area contributed by atoms with E-state index in [1.807, 2.05) is 18.2 Å². The molecule has 1 aliphatic rings. The lowest BCUT2D eigenvalue weighted by Gasteiger charge is -2.41. The topological polar surface area (TPSA) is 78.9 Å². The first-order chi connectivity index (χ1) is 11.7. The molecule has 6 nitrogen and oxygen atoms in total. The quantitative estimate of drug-likeness (QED) is 0.855. The zero-order valence-electron chi connectivity index (χ0n) is 15.2. The molecular weight excluding hydrogens is 320 g/mol. The van der Waals surface area contributed by atoms with Crippen molar-refractivity contribution >= 4 is 12.1 Å². The van der Waals surface area contributed by atoms with E-state index >= 15 is 0 Å². The van der Waals surface area contributed by atoms with Crippen molar-refractivity contribution in [3.05, 3.63) is 35.9 Å². The maximum absolute atomic E-state index is 12.1. The van der Waals surface area contributed by atoms with Gasteiger partial charge >= 0.3 is 12.1 Å². The molecule has 0 aliphatic carbocycles. The summed E-state index contributed by atoms with van der Waals surface area (Å²) in [6, 6.07) is 10.2. The van der Waals surface area contributed by atoms with Crippen molar-refractivity contribution in [1.29, 1.82) is 0 Å². The number of hydrogen-bond acceptors (Lipinski definition) is 4. The van der Waals surface area contributed by atoms with E-state index in [0.717, 1.165) is 19.6 Å². The number of carbonyl (C=O) groups excluding carboxylic acids is 1. The number of amides is 1. The molecule has 138 valence electrons. The van der Waals surface area contributed by atoms with E-state index in [1.165, 1.54) is 5.56 Å². The Hall–Kier alpha value is -2.08. The van der Waals surface area contributed by atoms with Gasteiger partial charge in [-0.25, -0.2) is 4.79 Å². The van der Waals surface area contributed by atoms with E-state index in [9.17, 15) is 14.7 Å². The van der Waals surface area contributed by atoms with E-state index in [1.54, 1.807) is 20.8 Å². The Bertz CT molecular complexity index is 587. The van der Waals surface area contributed by atoms with Crippen molar-refractivity contribution in [2.24, 2.45) is 0 Å². The van der Waals surface area contributed by atoms with Crippen LogP contribution in [0.2, 0.25) is 0 Å². The number of aliphatic carboxylic acids is 1. The molecule has 1 aromatic carbocycles. The molecule has 6 heteroatoms. The van der Waals surface area contributed by atoms with E-state index < -0.39 is 23.2 Å². The number of piperidine rings is 1. The van der Waals surface area contributed by atoms with E-state index in [4.69, 9.17) is 4.74 Å². The Morgan fingerprint density at radius 1 is 1.20 bits per heavy atom. The summed E-state index contributed by atoms with van der Waals surface area (Å²) in [7, 11) is 0. The van der Waals surface area contributed by atoms with Crippen molar-refractivity contribution in [3.63, 3.8) is 0 Å². The van der Waals surface area contributed by atoms with Gasteiger partial charge in [0.25, 0.3) is 0 Å². The molecule has 1 aromatic rings. The fourth-order valence-corrected chi connectivity index (χ4v) is 3.14. The number of hydrogen-bond donors (Lipinski definition) is 2. The second-order valence-electron chi connectivity index (χ2n) is 7.74. The maximum Gasteiger partial charge on any atom is 0.408 e.